The number of hydrogen-bond donors (Lipinski definition) is 2. The van der Waals surface area contributed by atoms with Crippen molar-refractivity contribution in [2.45, 2.75) is 37.7 Å². The van der Waals surface area contributed by atoms with E-state index in [4.69, 9.17) is 16.3 Å². The van der Waals surface area contributed by atoms with Gasteiger partial charge in [0.05, 0.1) is 35.1 Å². The number of aromatic nitrogens is 7. The molecule has 5 aromatic rings. The van der Waals surface area contributed by atoms with Crippen molar-refractivity contribution in [2.24, 2.45) is 0 Å². The summed E-state index contributed by atoms with van der Waals surface area (Å²) < 4.78 is 23.3. The first-order chi connectivity index (χ1) is 18.4. The lowest BCUT2D eigenvalue weighted by atomic mass is 9.95. The molecule has 1 fully saturated rings. The van der Waals surface area contributed by atoms with Crippen LogP contribution in [0.1, 0.15) is 30.2 Å². The fourth-order valence-corrected chi connectivity index (χ4v) is 4.90. The van der Waals surface area contributed by atoms with Gasteiger partial charge in [0, 0.05) is 23.6 Å². The Morgan fingerprint density at radius 1 is 1.18 bits per heavy atom. The van der Waals surface area contributed by atoms with Crippen LogP contribution in [-0.4, -0.2) is 63.8 Å². The van der Waals surface area contributed by atoms with Crippen LogP contribution < -0.4 is 0 Å². The third-order valence-corrected chi connectivity index (χ3v) is 6.98. The summed E-state index contributed by atoms with van der Waals surface area (Å²) >= 11 is 5.80. The van der Waals surface area contributed by atoms with E-state index in [0.717, 1.165) is 16.6 Å². The SMILES string of the molecule is Cc1nc(C2CC(n3cc(-c4ccc(Cl)c(F)c4)nn3)C(O)C(CO)O2)n(-c2ccc3ncccc3c2)n1. The minimum atomic E-state index is -1.07. The van der Waals surface area contributed by atoms with Gasteiger partial charge >= 0.3 is 0 Å². The molecule has 2 aromatic carbocycles. The molecule has 194 valence electrons. The molecule has 1 saturated heterocycles. The zero-order valence-corrected chi connectivity index (χ0v) is 20.9. The average molecular weight is 536 g/mol. The van der Waals surface area contributed by atoms with Crippen LogP contribution in [0.2, 0.25) is 5.02 Å². The zero-order chi connectivity index (χ0) is 26.4. The second kappa shape index (κ2) is 9.84. The van der Waals surface area contributed by atoms with Crippen molar-refractivity contribution in [1.29, 1.82) is 0 Å². The molecule has 0 bridgehead atoms. The molecule has 0 radical (unpaired) electrons. The number of hydrogen-bond acceptors (Lipinski definition) is 8. The molecule has 1 aliphatic heterocycles. The monoisotopic (exact) mass is 535 g/mol. The van der Waals surface area contributed by atoms with Crippen molar-refractivity contribution in [1.82, 2.24) is 34.7 Å². The van der Waals surface area contributed by atoms with Gasteiger partial charge in [-0.1, -0.05) is 28.9 Å². The van der Waals surface area contributed by atoms with Gasteiger partial charge in [-0.3, -0.25) is 4.98 Å². The molecule has 0 aliphatic carbocycles. The number of ether oxygens (including phenoxy) is 1. The normalized spacial score (nSPS) is 21.7. The largest absolute Gasteiger partial charge is 0.394 e. The van der Waals surface area contributed by atoms with Crippen molar-refractivity contribution in [2.75, 3.05) is 6.61 Å². The molecule has 0 spiro atoms. The van der Waals surface area contributed by atoms with Gasteiger partial charge in [-0.15, -0.1) is 5.10 Å². The smallest absolute Gasteiger partial charge is 0.161 e. The van der Waals surface area contributed by atoms with E-state index in [1.54, 1.807) is 30.1 Å². The van der Waals surface area contributed by atoms with E-state index in [9.17, 15) is 14.6 Å². The number of aliphatic hydroxyl groups is 2. The van der Waals surface area contributed by atoms with Gasteiger partial charge in [0.2, 0.25) is 0 Å². The van der Waals surface area contributed by atoms with E-state index in [2.05, 4.69) is 25.4 Å². The Balaban J connectivity index is 1.35. The van der Waals surface area contributed by atoms with Gasteiger partial charge in [0.25, 0.3) is 0 Å². The minimum absolute atomic E-state index is 0.0108. The standard InChI is InChI=1S/C26H23ClFN7O3/c1-14-30-26(35(32-14)17-5-7-20-15(9-17)3-2-8-29-20)23-11-22(25(37)24(13-36)38-23)34-12-21(31-33-34)16-4-6-18(27)19(28)10-16/h2-10,12,22-25,36-37H,11,13H2,1H3. The van der Waals surface area contributed by atoms with Crippen LogP contribution in [-0.2, 0) is 4.74 Å². The maximum Gasteiger partial charge on any atom is 0.161 e. The lowest BCUT2D eigenvalue weighted by Gasteiger charge is -2.38. The highest BCUT2D eigenvalue weighted by Crippen LogP contribution is 2.38. The molecule has 12 heteroatoms. The highest BCUT2D eigenvalue weighted by Gasteiger charge is 2.41. The van der Waals surface area contributed by atoms with Gasteiger partial charge in [0.1, 0.15) is 35.6 Å². The number of aryl methyl sites for hydroxylation is 1. The Morgan fingerprint density at radius 2 is 2.05 bits per heavy atom. The van der Waals surface area contributed by atoms with Crippen molar-refractivity contribution in [3.8, 4) is 16.9 Å². The van der Waals surface area contributed by atoms with Gasteiger partial charge in [-0.05, 0) is 43.3 Å². The summed E-state index contributed by atoms with van der Waals surface area (Å²) in [4.78, 5) is 9.00. The Labute approximate surface area is 221 Å². The van der Waals surface area contributed by atoms with Crippen LogP contribution in [0.15, 0.2) is 60.9 Å². The van der Waals surface area contributed by atoms with Gasteiger partial charge < -0.3 is 14.9 Å². The Hall–Kier alpha value is -3.77. The lowest BCUT2D eigenvalue weighted by Crippen LogP contribution is -2.45. The van der Waals surface area contributed by atoms with Crippen LogP contribution in [0.5, 0.6) is 0 Å². The predicted octanol–water partition coefficient (Wildman–Crippen LogP) is 3.60. The van der Waals surface area contributed by atoms with E-state index in [-0.39, 0.29) is 11.4 Å². The summed E-state index contributed by atoms with van der Waals surface area (Å²) in [6.45, 7) is 1.38. The van der Waals surface area contributed by atoms with Crippen LogP contribution in [0, 0.1) is 12.7 Å². The van der Waals surface area contributed by atoms with Crippen LogP contribution in [0.25, 0.3) is 27.8 Å². The maximum absolute atomic E-state index is 14.0. The van der Waals surface area contributed by atoms with Crippen LogP contribution in [0.4, 0.5) is 4.39 Å². The van der Waals surface area contributed by atoms with Crippen LogP contribution in [0.3, 0.4) is 0 Å². The van der Waals surface area contributed by atoms with Crippen molar-refractivity contribution in [3.63, 3.8) is 0 Å². The Bertz CT molecular complexity index is 1620. The summed E-state index contributed by atoms with van der Waals surface area (Å²) in [5.74, 6) is 0.511. The number of fused-ring (bicyclic) bond motifs is 1. The molecule has 1 aliphatic rings. The molecular weight excluding hydrogens is 513 g/mol. The fourth-order valence-electron chi connectivity index (χ4n) is 4.79. The number of halogens is 2. The van der Waals surface area contributed by atoms with Gasteiger partial charge in [-0.2, -0.15) is 5.10 Å². The van der Waals surface area contributed by atoms with E-state index < -0.39 is 36.8 Å². The molecular formula is C26H23ClFN7O3. The summed E-state index contributed by atoms with van der Waals surface area (Å²) in [5, 5.41) is 34.9. The van der Waals surface area contributed by atoms with E-state index in [1.807, 2.05) is 30.3 Å². The topological polar surface area (TPSA) is 124 Å². The molecule has 3 aromatic heterocycles. The van der Waals surface area contributed by atoms with E-state index in [1.165, 1.54) is 16.8 Å². The predicted molar refractivity (Wildman–Crippen MR) is 136 cm³/mol. The first-order valence-electron chi connectivity index (χ1n) is 12.0. The van der Waals surface area contributed by atoms with Crippen LogP contribution >= 0.6 is 11.6 Å². The first-order valence-corrected chi connectivity index (χ1v) is 12.4. The fraction of sp³-hybridized carbons (Fsp3) is 0.269. The molecule has 10 nitrogen and oxygen atoms in total. The van der Waals surface area contributed by atoms with E-state index in [0.29, 0.717) is 22.9 Å². The number of benzene rings is 2. The van der Waals surface area contributed by atoms with Gasteiger partial charge in [-0.25, -0.2) is 18.7 Å². The average Bonchev–Trinajstić information content (AvgIpc) is 3.57. The number of nitrogens with zero attached hydrogens (tertiary/aromatic N) is 7. The lowest BCUT2D eigenvalue weighted by molar-refractivity contribution is -0.161. The molecule has 2 N–H and O–H groups in total. The molecule has 0 saturated carbocycles. The molecule has 4 atom stereocenters. The summed E-state index contributed by atoms with van der Waals surface area (Å²) in [7, 11) is 0. The van der Waals surface area contributed by atoms with Gasteiger partial charge in [0.15, 0.2) is 5.82 Å². The molecule has 6 rings (SSSR count). The van der Waals surface area contributed by atoms with Crippen molar-refractivity contribution >= 4 is 22.5 Å². The highest BCUT2D eigenvalue weighted by atomic mass is 35.5. The summed E-state index contributed by atoms with van der Waals surface area (Å²) in [5.41, 5.74) is 2.55. The number of aliphatic hydroxyl groups excluding tert-OH is 2. The molecule has 0 amide bonds. The zero-order valence-electron chi connectivity index (χ0n) is 20.2. The highest BCUT2D eigenvalue weighted by molar-refractivity contribution is 6.30. The Morgan fingerprint density at radius 3 is 2.87 bits per heavy atom. The third kappa shape index (κ3) is 4.43. The first kappa shape index (κ1) is 24.6. The second-order valence-corrected chi connectivity index (χ2v) is 9.57. The van der Waals surface area contributed by atoms with E-state index >= 15 is 0 Å². The third-order valence-electron chi connectivity index (χ3n) is 6.67. The maximum atomic E-state index is 14.0. The number of pyridine rings is 1. The summed E-state index contributed by atoms with van der Waals surface area (Å²) in [6.07, 6.45) is 1.06. The number of rotatable bonds is 5. The van der Waals surface area contributed by atoms with Crippen molar-refractivity contribution in [3.05, 3.63) is 83.4 Å². The Kier molecular flexibility index (Phi) is 6.36. The summed E-state index contributed by atoms with van der Waals surface area (Å²) in [6, 6.07) is 13.4. The quantitative estimate of drug-likeness (QED) is 0.350. The second-order valence-electron chi connectivity index (χ2n) is 9.16. The van der Waals surface area contributed by atoms with Crippen molar-refractivity contribution < 1.29 is 19.3 Å². The molecule has 38 heavy (non-hydrogen) atoms. The molecule has 4 unspecified atom stereocenters. The molecule has 4 heterocycles. The minimum Gasteiger partial charge on any atom is -0.394 e.